The molecule has 2 N–H and O–H groups in total. The van der Waals surface area contributed by atoms with Crippen molar-refractivity contribution < 1.29 is 23.1 Å². The standard InChI is InChI=1S/C15H18N2O5S2/c18-14(7-6-12-4-2-1-3-5-12)16-8-9-24(21,22)17-11-23-10-13(17)15(19)20/h1-7,13H,8-11H2,(H,16,18)(H,19,20)/b7-6+. The molecule has 1 saturated heterocycles. The molecule has 0 radical (unpaired) electrons. The molecule has 0 aromatic heterocycles. The zero-order valence-electron chi connectivity index (χ0n) is 12.8. The minimum absolute atomic E-state index is 0.0756. The second kappa shape index (κ2) is 8.32. The van der Waals surface area contributed by atoms with Crippen LogP contribution in [0, 0.1) is 0 Å². The molecule has 7 nitrogen and oxygen atoms in total. The van der Waals surface area contributed by atoms with Crippen LogP contribution in [0.1, 0.15) is 5.56 Å². The second-order valence-electron chi connectivity index (χ2n) is 5.09. The normalized spacial score (nSPS) is 18.8. The summed E-state index contributed by atoms with van der Waals surface area (Å²) in [6, 6.07) is 8.20. The number of hydrogen-bond acceptors (Lipinski definition) is 5. The smallest absolute Gasteiger partial charge is 0.322 e. The van der Waals surface area contributed by atoms with Crippen molar-refractivity contribution in [1.29, 1.82) is 0 Å². The van der Waals surface area contributed by atoms with E-state index in [1.807, 2.05) is 30.3 Å². The number of nitrogens with zero attached hydrogens (tertiary/aromatic N) is 1. The zero-order valence-corrected chi connectivity index (χ0v) is 14.4. The fourth-order valence-corrected chi connectivity index (χ4v) is 5.23. The van der Waals surface area contributed by atoms with E-state index >= 15 is 0 Å². The number of carbonyl (C=O) groups excluding carboxylic acids is 1. The summed E-state index contributed by atoms with van der Waals surface area (Å²) in [5, 5.41) is 11.5. The molecule has 2 rings (SSSR count). The van der Waals surface area contributed by atoms with E-state index in [9.17, 15) is 18.0 Å². The predicted molar refractivity (Wildman–Crippen MR) is 92.9 cm³/mol. The summed E-state index contributed by atoms with van der Waals surface area (Å²) in [5.41, 5.74) is 0.860. The van der Waals surface area contributed by atoms with Gasteiger partial charge in [0, 0.05) is 18.4 Å². The van der Waals surface area contributed by atoms with Crippen LogP contribution >= 0.6 is 11.8 Å². The molecule has 130 valence electrons. The van der Waals surface area contributed by atoms with Crippen LogP contribution in [0.2, 0.25) is 0 Å². The lowest BCUT2D eigenvalue weighted by Gasteiger charge is -2.19. The highest BCUT2D eigenvalue weighted by Gasteiger charge is 2.38. The van der Waals surface area contributed by atoms with Crippen LogP contribution in [0.3, 0.4) is 0 Å². The van der Waals surface area contributed by atoms with Gasteiger partial charge in [0.1, 0.15) is 6.04 Å². The molecule has 0 spiro atoms. The van der Waals surface area contributed by atoms with E-state index in [1.165, 1.54) is 17.8 Å². The number of amides is 1. The Kier molecular flexibility index (Phi) is 6.41. The monoisotopic (exact) mass is 370 g/mol. The second-order valence-corrected chi connectivity index (χ2v) is 8.13. The lowest BCUT2D eigenvalue weighted by Crippen LogP contribution is -2.44. The van der Waals surface area contributed by atoms with Crippen LogP contribution in [0.15, 0.2) is 36.4 Å². The third-order valence-corrected chi connectivity index (χ3v) is 6.36. The van der Waals surface area contributed by atoms with Crippen LogP contribution in [0.4, 0.5) is 0 Å². The minimum Gasteiger partial charge on any atom is -0.480 e. The van der Waals surface area contributed by atoms with Crippen LogP contribution in [0.25, 0.3) is 6.08 Å². The van der Waals surface area contributed by atoms with E-state index < -0.39 is 27.9 Å². The molecule has 0 saturated carbocycles. The number of sulfonamides is 1. The predicted octanol–water partition coefficient (Wildman–Crippen LogP) is 0.605. The topological polar surface area (TPSA) is 104 Å². The molecule has 9 heteroatoms. The van der Waals surface area contributed by atoms with Gasteiger partial charge in [-0.25, -0.2) is 8.42 Å². The van der Waals surface area contributed by atoms with Crippen molar-refractivity contribution in [3.05, 3.63) is 42.0 Å². The maximum atomic E-state index is 12.2. The molecular weight excluding hydrogens is 352 g/mol. The van der Waals surface area contributed by atoms with E-state index in [0.717, 1.165) is 9.87 Å². The zero-order chi connectivity index (χ0) is 17.6. The Morgan fingerprint density at radius 2 is 2.04 bits per heavy atom. The van der Waals surface area contributed by atoms with E-state index in [4.69, 9.17) is 5.11 Å². The number of carboxylic acid groups (broad SMARTS) is 1. The van der Waals surface area contributed by atoms with Crippen LogP contribution in [0.5, 0.6) is 0 Å². The Bertz CT molecular complexity index is 719. The Morgan fingerprint density at radius 1 is 1.33 bits per heavy atom. The van der Waals surface area contributed by atoms with Crippen molar-refractivity contribution in [3.8, 4) is 0 Å². The molecular formula is C15H18N2O5S2. The number of nitrogens with one attached hydrogen (secondary N) is 1. The fraction of sp³-hybridized carbons (Fsp3) is 0.333. The summed E-state index contributed by atoms with van der Waals surface area (Å²) in [4.78, 5) is 22.8. The van der Waals surface area contributed by atoms with Gasteiger partial charge in [-0.2, -0.15) is 4.31 Å². The lowest BCUT2D eigenvalue weighted by molar-refractivity contribution is -0.140. The quantitative estimate of drug-likeness (QED) is 0.682. The summed E-state index contributed by atoms with van der Waals surface area (Å²) < 4.78 is 25.4. The lowest BCUT2D eigenvalue weighted by atomic mass is 10.2. The van der Waals surface area contributed by atoms with Gasteiger partial charge < -0.3 is 10.4 Å². The number of aliphatic carboxylic acids is 1. The highest BCUT2D eigenvalue weighted by molar-refractivity contribution is 8.00. The molecule has 24 heavy (non-hydrogen) atoms. The first-order valence-corrected chi connectivity index (χ1v) is 9.97. The Balaban J connectivity index is 1.83. The maximum absolute atomic E-state index is 12.2. The average Bonchev–Trinajstić information content (AvgIpc) is 3.05. The molecule has 1 aromatic rings. The molecule has 1 amide bonds. The minimum atomic E-state index is -3.72. The molecule has 0 bridgehead atoms. The van der Waals surface area contributed by atoms with Crippen molar-refractivity contribution >= 4 is 39.7 Å². The highest BCUT2D eigenvalue weighted by atomic mass is 32.2. The number of hydrogen-bond donors (Lipinski definition) is 2. The van der Waals surface area contributed by atoms with Crippen LogP contribution in [-0.4, -0.2) is 59.7 Å². The number of benzene rings is 1. The Hall–Kier alpha value is -1.84. The van der Waals surface area contributed by atoms with E-state index in [1.54, 1.807) is 6.08 Å². The maximum Gasteiger partial charge on any atom is 0.322 e. The third kappa shape index (κ3) is 5.08. The van der Waals surface area contributed by atoms with Crippen LogP contribution < -0.4 is 5.32 Å². The van der Waals surface area contributed by atoms with Crippen LogP contribution in [-0.2, 0) is 19.6 Å². The number of carboxylic acids is 1. The molecule has 0 aliphatic carbocycles. The SMILES string of the molecule is O=C(/C=C/c1ccccc1)NCCS(=O)(=O)N1CSCC1C(=O)O. The van der Waals surface area contributed by atoms with Gasteiger partial charge >= 0.3 is 5.97 Å². The molecule has 1 fully saturated rings. The first-order valence-electron chi connectivity index (χ1n) is 7.21. The first kappa shape index (κ1) is 18.5. The van der Waals surface area contributed by atoms with Gasteiger partial charge in [-0.15, -0.1) is 11.8 Å². The van der Waals surface area contributed by atoms with Gasteiger partial charge in [-0.3, -0.25) is 9.59 Å². The van der Waals surface area contributed by atoms with Gasteiger partial charge in [-0.05, 0) is 11.6 Å². The number of thioether (sulfide) groups is 1. The highest BCUT2D eigenvalue weighted by Crippen LogP contribution is 2.24. The molecule has 1 atom stereocenters. The molecule has 1 unspecified atom stereocenters. The average molecular weight is 370 g/mol. The molecule has 1 aromatic carbocycles. The summed E-state index contributed by atoms with van der Waals surface area (Å²) in [7, 11) is -3.72. The number of rotatable bonds is 7. The van der Waals surface area contributed by atoms with Gasteiger partial charge in [0.25, 0.3) is 0 Å². The summed E-state index contributed by atoms with van der Waals surface area (Å²) in [6.45, 7) is -0.0756. The van der Waals surface area contributed by atoms with Crippen molar-refractivity contribution in [2.45, 2.75) is 6.04 Å². The van der Waals surface area contributed by atoms with Crippen molar-refractivity contribution in [2.75, 3.05) is 23.9 Å². The van der Waals surface area contributed by atoms with E-state index in [2.05, 4.69) is 5.32 Å². The Morgan fingerprint density at radius 3 is 2.71 bits per heavy atom. The molecule has 1 aliphatic rings. The van der Waals surface area contributed by atoms with Crippen molar-refractivity contribution in [2.24, 2.45) is 0 Å². The van der Waals surface area contributed by atoms with Gasteiger partial charge in [-0.1, -0.05) is 30.3 Å². The van der Waals surface area contributed by atoms with Gasteiger partial charge in [0.15, 0.2) is 0 Å². The van der Waals surface area contributed by atoms with E-state index in [0.29, 0.717) is 0 Å². The summed E-state index contributed by atoms with van der Waals surface area (Å²) >= 11 is 1.26. The van der Waals surface area contributed by atoms with E-state index in [-0.39, 0.29) is 23.9 Å². The summed E-state index contributed by atoms with van der Waals surface area (Å²) in [5.74, 6) is -1.53. The van der Waals surface area contributed by atoms with Gasteiger partial charge in [0.2, 0.25) is 15.9 Å². The van der Waals surface area contributed by atoms with Crippen molar-refractivity contribution in [3.63, 3.8) is 0 Å². The Labute approximate surface area is 144 Å². The number of carbonyl (C=O) groups is 2. The largest absolute Gasteiger partial charge is 0.480 e. The molecule has 1 heterocycles. The van der Waals surface area contributed by atoms with Crippen molar-refractivity contribution in [1.82, 2.24) is 9.62 Å². The third-order valence-electron chi connectivity index (χ3n) is 3.37. The summed E-state index contributed by atoms with van der Waals surface area (Å²) in [6.07, 6.45) is 2.95. The first-order chi connectivity index (χ1) is 11.4. The fourth-order valence-electron chi connectivity index (χ4n) is 2.11. The van der Waals surface area contributed by atoms with Gasteiger partial charge in [0.05, 0.1) is 11.6 Å². The molecule has 1 aliphatic heterocycles.